The van der Waals surface area contributed by atoms with Gasteiger partial charge < -0.3 is 4.74 Å². The maximum atomic E-state index is 5.07. The molecule has 0 saturated carbocycles. The van der Waals surface area contributed by atoms with Crippen LogP contribution in [0.2, 0.25) is 0 Å². The van der Waals surface area contributed by atoms with E-state index in [9.17, 15) is 0 Å². The lowest BCUT2D eigenvalue weighted by molar-refractivity contribution is -0.671. The van der Waals surface area contributed by atoms with Crippen LogP contribution in [-0.4, -0.2) is 7.11 Å². The number of aromatic nitrogens is 1. The molecule has 4 heteroatoms. The number of hydrogen-bond donors (Lipinski definition) is 0. The minimum absolute atomic E-state index is 0.805. The Morgan fingerprint density at radius 3 is 1.94 bits per heavy atom. The lowest BCUT2D eigenvalue weighted by atomic mass is 10.3. The summed E-state index contributed by atoms with van der Waals surface area (Å²) in [6.07, 6.45) is 3.87. The van der Waals surface area contributed by atoms with E-state index in [4.69, 9.17) is 4.74 Å². The van der Waals surface area contributed by atoms with Crippen molar-refractivity contribution in [2.24, 2.45) is 17.3 Å². The van der Waals surface area contributed by atoms with Crippen LogP contribution in [0.25, 0.3) is 0 Å². The molecule has 17 heavy (non-hydrogen) atoms. The van der Waals surface area contributed by atoms with E-state index in [1.807, 2.05) is 60.4 Å². The molecule has 0 unspecified atom stereocenters. The Bertz CT molecular complexity index is 503. The maximum Gasteiger partial charge on any atom is 0.170 e. The van der Waals surface area contributed by atoms with Crippen LogP contribution in [-0.2, 0) is 7.05 Å². The number of azo groups is 1. The van der Waals surface area contributed by atoms with Gasteiger partial charge in [-0.1, -0.05) is 0 Å². The Hall–Kier alpha value is -2.23. The van der Waals surface area contributed by atoms with Gasteiger partial charge in [0.25, 0.3) is 0 Å². The first kappa shape index (κ1) is 11.3. The van der Waals surface area contributed by atoms with Gasteiger partial charge in [-0.2, -0.15) is 10.2 Å². The predicted molar refractivity (Wildman–Crippen MR) is 64.8 cm³/mol. The second-order valence-corrected chi connectivity index (χ2v) is 3.62. The van der Waals surface area contributed by atoms with Gasteiger partial charge in [0.1, 0.15) is 12.8 Å². The van der Waals surface area contributed by atoms with Crippen LogP contribution >= 0.6 is 0 Å². The van der Waals surface area contributed by atoms with Crippen LogP contribution in [0.3, 0.4) is 0 Å². The fourth-order valence-electron chi connectivity index (χ4n) is 1.32. The van der Waals surface area contributed by atoms with E-state index >= 15 is 0 Å². The molecule has 1 heterocycles. The first-order valence-electron chi connectivity index (χ1n) is 5.29. The number of pyridine rings is 1. The van der Waals surface area contributed by atoms with E-state index in [2.05, 4.69) is 10.2 Å². The molecule has 0 amide bonds. The third-order valence-electron chi connectivity index (χ3n) is 2.31. The molecule has 0 fully saturated rings. The summed E-state index contributed by atoms with van der Waals surface area (Å²) in [5, 5.41) is 8.29. The third kappa shape index (κ3) is 3.11. The molecular weight excluding hydrogens is 214 g/mol. The zero-order valence-corrected chi connectivity index (χ0v) is 9.87. The van der Waals surface area contributed by atoms with Crippen LogP contribution in [0.5, 0.6) is 5.75 Å². The van der Waals surface area contributed by atoms with Crippen molar-refractivity contribution >= 4 is 11.4 Å². The van der Waals surface area contributed by atoms with E-state index in [0.717, 1.165) is 17.1 Å². The first-order chi connectivity index (χ1) is 8.28. The van der Waals surface area contributed by atoms with Gasteiger partial charge in [-0.15, -0.1) is 0 Å². The minimum Gasteiger partial charge on any atom is -0.497 e. The molecule has 0 atom stereocenters. The van der Waals surface area contributed by atoms with Gasteiger partial charge >= 0.3 is 0 Å². The summed E-state index contributed by atoms with van der Waals surface area (Å²) in [5.41, 5.74) is 1.64. The Kier molecular flexibility index (Phi) is 3.45. The summed E-state index contributed by atoms with van der Waals surface area (Å²) < 4.78 is 7.02. The summed E-state index contributed by atoms with van der Waals surface area (Å²) in [5.74, 6) is 0.815. The summed E-state index contributed by atoms with van der Waals surface area (Å²) in [6.45, 7) is 0. The highest BCUT2D eigenvalue weighted by Crippen LogP contribution is 2.20. The SMILES string of the molecule is COc1ccc(N=Nc2cc[n+](C)cc2)cc1. The monoisotopic (exact) mass is 228 g/mol. The van der Waals surface area contributed by atoms with Gasteiger partial charge in [0.15, 0.2) is 12.4 Å². The van der Waals surface area contributed by atoms with Crippen molar-refractivity contribution in [3.8, 4) is 5.75 Å². The van der Waals surface area contributed by atoms with Crippen molar-refractivity contribution in [1.29, 1.82) is 0 Å². The smallest absolute Gasteiger partial charge is 0.170 e. The van der Waals surface area contributed by atoms with Crippen LogP contribution in [0.4, 0.5) is 11.4 Å². The average molecular weight is 228 g/mol. The van der Waals surface area contributed by atoms with Gasteiger partial charge in [-0.3, -0.25) is 0 Å². The molecule has 2 rings (SSSR count). The summed E-state index contributed by atoms with van der Waals surface area (Å²) >= 11 is 0. The molecular formula is C13H14N3O+. The van der Waals surface area contributed by atoms with Gasteiger partial charge in [0.2, 0.25) is 0 Å². The minimum atomic E-state index is 0.805. The number of aryl methyl sites for hydroxylation is 1. The Morgan fingerprint density at radius 1 is 0.882 bits per heavy atom. The van der Waals surface area contributed by atoms with Crippen LogP contribution in [0.1, 0.15) is 0 Å². The van der Waals surface area contributed by atoms with Crippen LogP contribution < -0.4 is 9.30 Å². The number of ether oxygens (including phenoxy) is 1. The second kappa shape index (κ2) is 5.21. The second-order valence-electron chi connectivity index (χ2n) is 3.62. The van der Waals surface area contributed by atoms with Crippen molar-refractivity contribution in [3.63, 3.8) is 0 Å². The highest BCUT2D eigenvalue weighted by molar-refractivity contribution is 5.41. The van der Waals surface area contributed by atoms with Gasteiger partial charge in [0.05, 0.1) is 18.5 Å². The van der Waals surface area contributed by atoms with Crippen LogP contribution in [0.15, 0.2) is 59.0 Å². The quantitative estimate of drug-likeness (QED) is 0.588. The molecule has 1 aromatic heterocycles. The Morgan fingerprint density at radius 2 is 1.41 bits per heavy atom. The van der Waals surface area contributed by atoms with E-state index in [0.29, 0.717) is 0 Å². The number of benzene rings is 1. The third-order valence-corrected chi connectivity index (χ3v) is 2.31. The lowest BCUT2D eigenvalue weighted by Gasteiger charge is -1.98. The molecule has 0 radical (unpaired) electrons. The van der Waals surface area contributed by atoms with E-state index in [1.54, 1.807) is 7.11 Å². The lowest BCUT2D eigenvalue weighted by Crippen LogP contribution is -2.25. The molecule has 0 bridgehead atoms. The molecule has 0 aliphatic rings. The Balaban J connectivity index is 2.11. The number of nitrogens with zero attached hydrogens (tertiary/aromatic N) is 3. The highest BCUT2D eigenvalue weighted by atomic mass is 16.5. The van der Waals surface area contributed by atoms with E-state index in [1.165, 1.54) is 0 Å². The molecule has 0 spiro atoms. The van der Waals surface area contributed by atoms with E-state index in [-0.39, 0.29) is 0 Å². The molecule has 0 aliphatic heterocycles. The standard InChI is InChI=1S/C13H14N3O/c1-16-9-7-12(8-10-16)15-14-11-3-5-13(17-2)6-4-11/h3-10H,1-2H3/q+1. The Labute approximate surface area is 100 Å². The molecule has 0 N–H and O–H groups in total. The zero-order chi connectivity index (χ0) is 12.1. The van der Waals surface area contributed by atoms with Crippen molar-refractivity contribution < 1.29 is 9.30 Å². The fraction of sp³-hybridized carbons (Fsp3) is 0.154. The van der Waals surface area contributed by atoms with Gasteiger partial charge in [-0.05, 0) is 24.3 Å². The van der Waals surface area contributed by atoms with Crippen molar-refractivity contribution in [1.82, 2.24) is 0 Å². The molecule has 0 saturated heterocycles. The topological polar surface area (TPSA) is 37.8 Å². The van der Waals surface area contributed by atoms with Crippen LogP contribution in [0, 0.1) is 0 Å². The zero-order valence-electron chi connectivity index (χ0n) is 9.87. The highest BCUT2D eigenvalue weighted by Gasteiger charge is 1.94. The maximum absolute atomic E-state index is 5.07. The fourth-order valence-corrected chi connectivity index (χ4v) is 1.32. The van der Waals surface area contributed by atoms with Crippen molar-refractivity contribution in [3.05, 3.63) is 48.8 Å². The summed E-state index contributed by atoms with van der Waals surface area (Å²) in [6, 6.07) is 11.3. The van der Waals surface area contributed by atoms with E-state index < -0.39 is 0 Å². The number of hydrogen-bond acceptors (Lipinski definition) is 3. The van der Waals surface area contributed by atoms with Gasteiger partial charge in [0, 0.05) is 12.1 Å². The molecule has 86 valence electrons. The average Bonchev–Trinajstić information content (AvgIpc) is 2.39. The number of rotatable bonds is 3. The van der Waals surface area contributed by atoms with Crippen molar-refractivity contribution in [2.45, 2.75) is 0 Å². The largest absolute Gasteiger partial charge is 0.497 e. The summed E-state index contributed by atoms with van der Waals surface area (Å²) in [7, 11) is 3.60. The normalized spacial score (nSPS) is 10.7. The molecule has 4 nitrogen and oxygen atoms in total. The number of methoxy groups -OCH3 is 1. The predicted octanol–water partition coefficient (Wildman–Crippen LogP) is 2.94. The van der Waals surface area contributed by atoms with Crippen molar-refractivity contribution in [2.75, 3.05) is 7.11 Å². The molecule has 2 aromatic rings. The van der Waals surface area contributed by atoms with Gasteiger partial charge in [-0.25, -0.2) is 4.57 Å². The molecule has 0 aliphatic carbocycles. The summed E-state index contributed by atoms with van der Waals surface area (Å²) in [4.78, 5) is 0. The molecule has 1 aromatic carbocycles. The first-order valence-corrected chi connectivity index (χ1v) is 5.29.